The van der Waals surface area contributed by atoms with Gasteiger partial charge in [0.15, 0.2) is 23.3 Å². The van der Waals surface area contributed by atoms with Crippen LogP contribution in [0.5, 0.6) is 0 Å². The second-order valence-corrected chi connectivity index (χ2v) is 11.6. The Bertz CT molecular complexity index is 2820. The number of nitrogens with zero attached hydrogens (tertiary/aromatic N) is 10. The van der Waals surface area contributed by atoms with Gasteiger partial charge in [-0.05, 0) is 24.3 Å². The summed E-state index contributed by atoms with van der Waals surface area (Å²) in [5, 5.41) is 48.4. The van der Waals surface area contributed by atoms with Crippen LogP contribution in [0.3, 0.4) is 0 Å². The van der Waals surface area contributed by atoms with Crippen LogP contribution in [0.1, 0.15) is 0 Å². The van der Waals surface area contributed by atoms with E-state index in [1.807, 2.05) is 0 Å². The number of aromatic amines is 2. The number of rotatable bonds is 4. The van der Waals surface area contributed by atoms with Gasteiger partial charge >= 0.3 is 0 Å². The van der Waals surface area contributed by atoms with E-state index in [-0.39, 0.29) is 107 Å². The van der Waals surface area contributed by atoms with Crippen molar-refractivity contribution in [3.63, 3.8) is 0 Å². The maximum Gasteiger partial charge on any atom is 0.270 e. The molecule has 2 aliphatic rings. The average molecular weight is 753 g/mol. The quantitative estimate of drug-likeness (QED) is 0.143. The van der Waals surface area contributed by atoms with Crippen molar-refractivity contribution in [2.45, 2.75) is 0 Å². The third-order valence-electron chi connectivity index (χ3n) is 8.61. The summed E-state index contributed by atoms with van der Waals surface area (Å²) in [6, 6.07) is 16.1. The Morgan fingerprint density at radius 3 is 1.04 bits per heavy atom. The van der Waals surface area contributed by atoms with E-state index in [9.17, 15) is 40.5 Å². The molecule has 9 rings (SSSR count). The minimum absolute atomic E-state index is 0. The zero-order chi connectivity index (χ0) is 36.0. The van der Waals surface area contributed by atoms with Crippen molar-refractivity contribution in [1.29, 1.82) is 0 Å². The SMILES string of the molecule is O=[N+]([O-])c1ccc2c(c1)-c1nc-2nc2[nH]c(nc3nc(nc4[nH]c(n1)c1ccc([N+](=O)[O-])cc41)-c1ccc([N+](=O)[O-])cc1-3)c1ccc([N+](=O)[O-])cc21.[Co]. The van der Waals surface area contributed by atoms with Crippen molar-refractivity contribution in [2.24, 2.45) is 0 Å². The van der Waals surface area contributed by atoms with Crippen LogP contribution in [-0.2, 0) is 16.8 Å². The van der Waals surface area contributed by atoms with Crippen LogP contribution in [0.25, 0.3) is 89.7 Å². The standard InChI is InChI=1S/C32H14N12O8.Co/c45-41(46)13-1-5-17-21(9-13)29-33-25(17)37-30-22-10-14(42(47)48)2-6-18(22)27(34-30)39-32-24-12-16(44(51)52)4-8-20(24)28(36-32)40-31-23-11-15(43(49)50)3-7-19(23)26(35-31)38-29;/h1-12H,(H2,33,34,35,36,37,38,39,40);. The van der Waals surface area contributed by atoms with Crippen molar-refractivity contribution in [2.75, 3.05) is 0 Å². The molecular weight excluding hydrogens is 739 g/mol. The summed E-state index contributed by atoms with van der Waals surface area (Å²) >= 11 is 0. The van der Waals surface area contributed by atoms with Crippen molar-refractivity contribution >= 4 is 66.9 Å². The molecule has 0 fully saturated rings. The average Bonchev–Trinajstić information content (AvgIpc) is 3.85. The van der Waals surface area contributed by atoms with Crippen LogP contribution in [0.4, 0.5) is 22.7 Å². The fraction of sp³-hybridized carbons (Fsp3) is 0. The molecule has 7 aromatic rings. The van der Waals surface area contributed by atoms with Crippen LogP contribution >= 0.6 is 0 Å². The summed E-state index contributed by atoms with van der Waals surface area (Å²) in [7, 11) is 0. The van der Waals surface area contributed by atoms with E-state index in [0.29, 0.717) is 21.9 Å². The molecular formula is C32H14CoN12O8. The van der Waals surface area contributed by atoms with Gasteiger partial charge in [-0.15, -0.1) is 0 Å². The first kappa shape index (κ1) is 32.5. The van der Waals surface area contributed by atoms with Crippen LogP contribution in [-0.4, -0.2) is 59.6 Å². The largest absolute Gasteiger partial charge is 0.324 e. The Balaban J connectivity index is 0.00000400. The Labute approximate surface area is 301 Å². The van der Waals surface area contributed by atoms with Crippen molar-refractivity contribution in [3.8, 4) is 45.6 Å². The topological polar surface area (TPSA) is 281 Å². The number of non-ortho nitro benzene ring substituents is 4. The van der Waals surface area contributed by atoms with Gasteiger partial charge in [0.2, 0.25) is 0 Å². The molecule has 0 unspecified atom stereocenters. The van der Waals surface area contributed by atoms with E-state index in [2.05, 4.69) is 19.9 Å². The van der Waals surface area contributed by atoms with E-state index >= 15 is 0 Å². The van der Waals surface area contributed by atoms with Gasteiger partial charge in [0.25, 0.3) is 22.7 Å². The van der Waals surface area contributed by atoms with Gasteiger partial charge < -0.3 is 9.97 Å². The van der Waals surface area contributed by atoms with E-state index < -0.39 is 19.7 Å². The molecule has 0 spiro atoms. The zero-order valence-corrected chi connectivity index (χ0v) is 27.0. The molecule has 53 heavy (non-hydrogen) atoms. The molecule has 0 aliphatic carbocycles. The van der Waals surface area contributed by atoms with E-state index in [0.717, 1.165) is 0 Å². The molecule has 8 bridgehead atoms. The van der Waals surface area contributed by atoms with Crippen LogP contribution in [0.2, 0.25) is 0 Å². The molecule has 2 aliphatic heterocycles. The van der Waals surface area contributed by atoms with E-state index in [1.165, 1.54) is 72.8 Å². The molecule has 0 atom stereocenters. The summed E-state index contributed by atoms with van der Waals surface area (Å²) in [5.74, 6) is 0.137. The molecule has 0 amide bonds. The normalized spacial score (nSPS) is 11.5. The molecule has 21 heteroatoms. The Hall–Kier alpha value is -7.65. The number of hydrogen-bond donors (Lipinski definition) is 2. The van der Waals surface area contributed by atoms with Crippen molar-refractivity contribution in [3.05, 3.63) is 113 Å². The van der Waals surface area contributed by atoms with Gasteiger partial charge in [-0.25, -0.2) is 29.9 Å². The Morgan fingerprint density at radius 1 is 0.377 bits per heavy atom. The molecule has 0 saturated carbocycles. The zero-order valence-electron chi connectivity index (χ0n) is 26.0. The summed E-state index contributed by atoms with van der Waals surface area (Å²) in [5.41, 5.74) is 0.732. The minimum Gasteiger partial charge on any atom is -0.324 e. The third-order valence-corrected chi connectivity index (χ3v) is 8.61. The fourth-order valence-corrected chi connectivity index (χ4v) is 6.20. The van der Waals surface area contributed by atoms with Gasteiger partial charge in [0.05, 0.1) is 19.7 Å². The second kappa shape index (κ2) is 11.7. The van der Waals surface area contributed by atoms with Gasteiger partial charge in [0.1, 0.15) is 22.6 Å². The molecule has 4 aromatic carbocycles. The molecule has 0 saturated heterocycles. The predicted octanol–water partition coefficient (Wildman–Crippen LogP) is 6.50. The minimum atomic E-state index is -0.575. The summed E-state index contributed by atoms with van der Waals surface area (Å²) in [4.78, 5) is 78.9. The molecule has 259 valence electrons. The first-order chi connectivity index (χ1) is 25.0. The van der Waals surface area contributed by atoms with Gasteiger partial charge in [-0.2, -0.15) is 0 Å². The molecule has 2 N–H and O–H groups in total. The number of nitro groups is 4. The van der Waals surface area contributed by atoms with Crippen LogP contribution in [0.15, 0.2) is 72.8 Å². The van der Waals surface area contributed by atoms with Crippen LogP contribution < -0.4 is 0 Å². The Morgan fingerprint density at radius 2 is 0.679 bits per heavy atom. The number of benzene rings is 4. The second-order valence-electron chi connectivity index (χ2n) is 11.6. The monoisotopic (exact) mass is 753 g/mol. The van der Waals surface area contributed by atoms with E-state index in [1.54, 1.807) is 0 Å². The summed E-state index contributed by atoms with van der Waals surface area (Å²) in [6.07, 6.45) is 0. The maximum absolute atomic E-state index is 11.8. The number of aromatic nitrogens is 8. The number of fused-ring (bicyclic) bond motifs is 20. The first-order valence-corrected chi connectivity index (χ1v) is 15.0. The van der Waals surface area contributed by atoms with Crippen molar-refractivity contribution in [1.82, 2.24) is 39.9 Å². The summed E-state index contributed by atoms with van der Waals surface area (Å²) in [6.45, 7) is 0. The van der Waals surface area contributed by atoms with E-state index in [4.69, 9.17) is 19.9 Å². The Kier molecular flexibility index (Phi) is 7.19. The molecule has 5 heterocycles. The number of nitrogens with one attached hydrogen (secondary N) is 2. The first-order valence-electron chi connectivity index (χ1n) is 15.0. The van der Waals surface area contributed by atoms with Gasteiger partial charge in [-0.3, -0.25) is 40.5 Å². The van der Waals surface area contributed by atoms with Crippen LogP contribution in [0, 0.1) is 40.5 Å². The van der Waals surface area contributed by atoms with Crippen molar-refractivity contribution < 1.29 is 36.5 Å². The predicted molar refractivity (Wildman–Crippen MR) is 183 cm³/mol. The number of hydrogen-bond acceptors (Lipinski definition) is 14. The molecule has 3 aromatic heterocycles. The maximum atomic E-state index is 11.8. The smallest absolute Gasteiger partial charge is 0.270 e. The fourth-order valence-electron chi connectivity index (χ4n) is 6.20. The number of nitro benzene ring substituents is 4. The molecule has 1 radical (unpaired) electrons. The van der Waals surface area contributed by atoms with Gasteiger partial charge in [0, 0.05) is 109 Å². The van der Waals surface area contributed by atoms with Gasteiger partial charge in [-0.1, -0.05) is 0 Å². The molecule has 20 nitrogen and oxygen atoms in total. The summed E-state index contributed by atoms with van der Waals surface area (Å²) < 4.78 is 0. The number of H-pyrrole nitrogens is 2. The third kappa shape index (κ3) is 5.14.